The normalized spacial score (nSPS) is 10.9. The van der Waals surface area contributed by atoms with E-state index >= 15 is 0 Å². The second-order valence-electron chi connectivity index (χ2n) is 2.66. The molecule has 0 amide bonds. The fourth-order valence-electron chi connectivity index (χ4n) is 1.27. The fraction of sp³-hybridized carbons (Fsp3) is 0.111. The smallest absolute Gasteiger partial charge is 0.0666 e. The van der Waals surface area contributed by atoms with Crippen LogP contribution in [0.2, 0.25) is 0 Å². The molecular formula is C9H8INS2. The lowest BCUT2D eigenvalue weighted by atomic mass is 10.2. The zero-order chi connectivity index (χ0) is 9.42. The van der Waals surface area contributed by atoms with Crippen LogP contribution in [0, 0.1) is 2.88 Å². The van der Waals surface area contributed by atoms with E-state index in [1.54, 1.807) is 23.1 Å². The van der Waals surface area contributed by atoms with Gasteiger partial charge in [0.05, 0.1) is 7.58 Å². The molecule has 1 nitrogen and oxygen atoms in total. The molecule has 0 fully saturated rings. The second kappa shape index (κ2) is 3.67. The van der Waals surface area contributed by atoms with Crippen molar-refractivity contribution in [3.63, 3.8) is 0 Å². The van der Waals surface area contributed by atoms with Crippen LogP contribution in [-0.4, -0.2) is 6.26 Å². The predicted octanol–water partition coefficient (Wildman–Crippen LogP) is 3.81. The van der Waals surface area contributed by atoms with Gasteiger partial charge in [0.15, 0.2) is 0 Å². The fourth-order valence-corrected chi connectivity index (χ4v) is 4.09. The van der Waals surface area contributed by atoms with E-state index in [2.05, 4.69) is 41.0 Å². The molecule has 0 aliphatic rings. The number of nitrogens with two attached hydrogens (primary N) is 1. The lowest BCUT2D eigenvalue weighted by Crippen LogP contribution is -1.86. The van der Waals surface area contributed by atoms with E-state index in [0.29, 0.717) is 0 Å². The van der Waals surface area contributed by atoms with Gasteiger partial charge in [-0.1, -0.05) is 6.07 Å². The van der Waals surface area contributed by atoms with Crippen LogP contribution in [0.25, 0.3) is 10.1 Å². The number of hydrogen-bond donors (Lipinski definition) is 1. The minimum atomic E-state index is 0.887. The van der Waals surface area contributed by atoms with Gasteiger partial charge in [0.25, 0.3) is 0 Å². The highest BCUT2D eigenvalue weighted by atomic mass is 127. The van der Waals surface area contributed by atoms with Crippen LogP contribution >= 0.6 is 45.7 Å². The third kappa shape index (κ3) is 1.67. The quantitative estimate of drug-likeness (QED) is 0.491. The summed E-state index contributed by atoms with van der Waals surface area (Å²) in [4.78, 5) is 1.21. The van der Waals surface area contributed by atoms with Crippen LogP contribution < -0.4 is 5.73 Å². The van der Waals surface area contributed by atoms with E-state index < -0.39 is 0 Å². The Bertz CT molecular complexity index is 450. The molecule has 2 rings (SSSR count). The molecule has 0 atom stereocenters. The number of rotatable bonds is 1. The summed E-state index contributed by atoms with van der Waals surface area (Å²) in [6, 6.07) is 6.26. The van der Waals surface area contributed by atoms with Gasteiger partial charge >= 0.3 is 0 Å². The van der Waals surface area contributed by atoms with Gasteiger partial charge in [0.1, 0.15) is 0 Å². The Morgan fingerprint density at radius 1 is 1.46 bits per heavy atom. The lowest BCUT2D eigenvalue weighted by Gasteiger charge is -2.02. The van der Waals surface area contributed by atoms with Gasteiger partial charge in [-0.25, -0.2) is 0 Å². The predicted molar refractivity (Wildman–Crippen MR) is 70.7 cm³/mol. The lowest BCUT2D eigenvalue weighted by molar-refractivity contribution is 1.58. The second-order valence-corrected chi connectivity index (χ2v) is 6.42. The molecule has 0 aliphatic carbocycles. The molecular weight excluding hydrogens is 313 g/mol. The first kappa shape index (κ1) is 9.61. The number of benzene rings is 1. The molecule has 1 aromatic heterocycles. The van der Waals surface area contributed by atoms with E-state index in [1.165, 1.54) is 17.9 Å². The van der Waals surface area contributed by atoms with Crippen molar-refractivity contribution < 1.29 is 0 Å². The minimum absolute atomic E-state index is 0.887. The summed E-state index contributed by atoms with van der Waals surface area (Å²) < 4.78 is 2.63. The average molecular weight is 321 g/mol. The van der Waals surface area contributed by atoms with Crippen molar-refractivity contribution >= 4 is 61.5 Å². The number of anilines is 1. The number of halogens is 1. The molecule has 0 aliphatic heterocycles. The van der Waals surface area contributed by atoms with Crippen molar-refractivity contribution in [3.05, 3.63) is 21.1 Å². The highest BCUT2D eigenvalue weighted by Crippen LogP contribution is 2.37. The number of nitrogen functional groups attached to an aromatic ring is 1. The molecule has 2 N–H and O–H groups in total. The summed E-state index contributed by atoms with van der Waals surface area (Å²) in [6.45, 7) is 0. The van der Waals surface area contributed by atoms with E-state index in [4.69, 9.17) is 5.73 Å². The SMILES string of the molecule is CSc1c(N)ccc2cc(I)sc12. The molecule has 4 heteroatoms. The van der Waals surface area contributed by atoms with E-state index in [0.717, 1.165) is 5.69 Å². The first-order valence-corrected chi connectivity index (χ1v) is 6.86. The zero-order valence-corrected chi connectivity index (χ0v) is 10.8. The zero-order valence-electron chi connectivity index (χ0n) is 7.00. The Hall–Kier alpha value is 0.0600. The maximum absolute atomic E-state index is 5.89. The molecule has 0 saturated carbocycles. The van der Waals surface area contributed by atoms with Crippen molar-refractivity contribution in [1.82, 2.24) is 0 Å². The van der Waals surface area contributed by atoms with E-state index in [-0.39, 0.29) is 0 Å². The van der Waals surface area contributed by atoms with Gasteiger partial charge in [0, 0.05) is 10.6 Å². The Morgan fingerprint density at radius 2 is 2.23 bits per heavy atom. The highest BCUT2D eigenvalue weighted by Gasteiger charge is 2.07. The molecule has 0 spiro atoms. The standard InChI is InChI=1S/C9H8INS2/c1-12-9-6(11)3-2-5-4-7(10)13-8(5)9/h2-4H,11H2,1H3. The van der Waals surface area contributed by atoms with Crippen LogP contribution in [0.4, 0.5) is 5.69 Å². The van der Waals surface area contributed by atoms with Crippen LogP contribution in [0.15, 0.2) is 23.1 Å². The summed E-state index contributed by atoms with van der Waals surface area (Å²) in [6.07, 6.45) is 2.07. The maximum Gasteiger partial charge on any atom is 0.0666 e. The largest absolute Gasteiger partial charge is 0.398 e. The average Bonchev–Trinajstić information content (AvgIpc) is 2.45. The van der Waals surface area contributed by atoms with Crippen molar-refractivity contribution in [1.29, 1.82) is 0 Å². The number of hydrogen-bond acceptors (Lipinski definition) is 3. The molecule has 1 aromatic carbocycles. The summed E-state index contributed by atoms with van der Waals surface area (Å²) >= 11 is 5.87. The Morgan fingerprint density at radius 3 is 2.92 bits per heavy atom. The first-order chi connectivity index (χ1) is 6.22. The van der Waals surface area contributed by atoms with Crippen molar-refractivity contribution in [2.24, 2.45) is 0 Å². The Labute approximate surface area is 98.8 Å². The van der Waals surface area contributed by atoms with Gasteiger partial charge in [-0.05, 0) is 46.4 Å². The molecule has 0 radical (unpaired) electrons. The molecule has 13 heavy (non-hydrogen) atoms. The van der Waals surface area contributed by atoms with Gasteiger partial charge in [-0.15, -0.1) is 23.1 Å². The van der Waals surface area contributed by atoms with Crippen LogP contribution in [0.1, 0.15) is 0 Å². The molecule has 0 bridgehead atoms. The maximum atomic E-state index is 5.89. The van der Waals surface area contributed by atoms with Crippen LogP contribution in [0.5, 0.6) is 0 Å². The van der Waals surface area contributed by atoms with Crippen molar-refractivity contribution in [2.45, 2.75) is 4.90 Å². The Kier molecular flexibility index (Phi) is 2.71. The molecule has 2 aromatic rings. The highest BCUT2D eigenvalue weighted by molar-refractivity contribution is 14.1. The minimum Gasteiger partial charge on any atom is -0.398 e. The number of fused-ring (bicyclic) bond motifs is 1. The van der Waals surface area contributed by atoms with Crippen molar-refractivity contribution in [3.8, 4) is 0 Å². The summed E-state index contributed by atoms with van der Waals surface area (Å²) in [5.41, 5.74) is 6.78. The summed E-state index contributed by atoms with van der Waals surface area (Å²) in [5, 5.41) is 1.30. The number of thiophene rings is 1. The number of thioether (sulfide) groups is 1. The van der Waals surface area contributed by atoms with Gasteiger partial charge in [-0.2, -0.15) is 0 Å². The van der Waals surface area contributed by atoms with Gasteiger partial charge in [-0.3, -0.25) is 0 Å². The first-order valence-electron chi connectivity index (χ1n) is 3.74. The van der Waals surface area contributed by atoms with Crippen LogP contribution in [-0.2, 0) is 0 Å². The van der Waals surface area contributed by atoms with Gasteiger partial charge in [0.2, 0.25) is 0 Å². The van der Waals surface area contributed by atoms with Crippen molar-refractivity contribution in [2.75, 3.05) is 12.0 Å². The molecule has 0 saturated heterocycles. The summed E-state index contributed by atoms with van der Waals surface area (Å²) in [5.74, 6) is 0. The van der Waals surface area contributed by atoms with E-state index in [9.17, 15) is 0 Å². The summed E-state index contributed by atoms with van der Waals surface area (Å²) in [7, 11) is 0. The third-order valence-corrected chi connectivity index (χ3v) is 4.75. The molecule has 68 valence electrons. The molecule has 1 heterocycles. The topological polar surface area (TPSA) is 26.0 Å². The Balaban J connectivity index is 2.82. The van der Waals surface area contributed by atoms with Gasteiger partial charge < -0.3 is 5.73 Å². The molecule has 0 unspecified atom stereocenters. The van der Waals surface area contributed by atoms with Crippen LogP contribution in [0.3, 0.4) is 0 Å². The monoisotopic (exact) mass is 321 g/mol. The third-order valence-electron chi connectivity index (χ3n) is 1.85. The van der Waals surface area contributed by atoms with E-state index in [1.807, 2.05) is 6.07 Å².